The molecule has 0 bridgehead atoms. The minimum absolute atomic E-state index is 0.350. The van der Waals surface area contributed by atoms with Crippen molar-refractivity contribution in [3.63, 3.8) is 0 Å². The van der Waals surface area contributed by atoms with Gasteiger partial charge >= 0.3 is 18.3 Å². The van der Waals surface area contributed by atoms with E-state index in [-0.39, 0.29) is 0 Å². The number of nitrogens with two attached hydrogens (primary N) is 1. The predicted octanol–water partition coefficient (Wildman–Crippen LogP) is 3.97. The number of alkyl halides is 6. The molecule has 0 spiro atoms. The van der Waals surface area contributed by atoms with Crippen molar-refractivity contribution in [3.05, 3.63) is 71.3 Å². The van der Waals surface area contributed by atoms with E-state index in [9.17, 15) is 31.1 Å². The van der Waals surface area contributed by atoms with Crippen molar-refractivity contribution < 1.29 is 41.0 Å². The van der Waals surface area contributed by atoms with Crippen LogP contribution >= 0.6 is 0 Å². The average Bonchev–Trinajstić information content (AvgIpc) is 3.07. The highest BCUT2D eigenvalue weighted by atomic mass is 19.4. The molecule has 0 unspecified atom stereocenters. The molecule has 1 aliphatic heterocycles. The molecule has 38 heavy (non-hydrogen) atoms. The van der Waals surface area contributed by atoms with E-state index in [0.29, 0.717) is 48.8 Å². The highest BCUT2D eigenvalue weighted by Crippen LogP contribution is 2.31. The van der Waals surface area contributed by atoms with Crippen molar-refractivity contribution in [2.45, 2.75) is 25.2 Å². The molecule has 9 nitrogen and oxygen atoms in total. The third-order valence-electron chi connectivity index (χ3n) is 5.35. The van der Waals surface area contributed by atoms with Crippen LogP contribution in [0.3, 0.4) is 0 Å². The second kappa shape index (κ2) is 11.3. The van der Waals surface area contributed by atoms with Gasteiger partial charge in [0.05, 0.1) is 16.8 Å². The number of carboxylic acid groups (broad SMARTS) is 1. The van der Waals surface area contributed by atoms with E-state index in [1.165, 1.54) is 18.5 Å². The molecule has 1 aromatic carbocycles. The summed E-state index contributed by atoms with van der Waals surface area (Å²) in [5.41, 5.74) is 7.33. The fourth-order valence-corrected chi connectivity index (χ4v) is 3.57. The molecule has 2 aromatic heterocycles. The van der Waals surface area contributed by atoms with Gasteiger partial charge in [0.15, 0.2) is 0 Å². The van der Waals surface area contributed by atoms with Crippen LogP contribution in [0.4, 0.5) is 43.7 Å². The number of aromatic nitrogens is 3. The monoisotopic (exact) mass is 542 g/mol. The number of halogens is 6. The van der Waals surface area contributed by atoms with Gasteiger partial charge in [0, 0.05) is 37.0 Å². The topological polar surface area (TPSA) is 134 Å². The summed E-state index contributed by atoms with van der Waals surface area (Å²) >= 11 is 0. The summed E-state index contributed by atoms with van der Waals surface area (Å²) in [4.78, 5) is 35.6. The van der Waals surface area contributed by atoms with Crippen LogP contribution in [0.15, 0.2) is 48.9 Å². The molecule has 1 aliphatic rings. The molecular weight excluding hydrogens is 522 g/mol. The molecule has 4 rings (SSSR count). The Balaban J connectivity index is 0.000000505. The Kier molecular flexibility index (Phi) is 8.38. The summed E-state index contributed by atoms with van der Waals surface area (Å²) in [6.45, 7) is 1.14. The Morgan fingerprint density at radius 3 is 2.16 bits per heavy atom. The Bertz CT molecular complexity index is 1300. The van der Waals surface area contributed by atoms with Gasteiger partial charge in [-0.05, 0) is 42.8 Å². The maximum Gasteiger partial charge on any atom is 0.490 e. The molecule has 0 saturated carbocycles. The zero-order valence-corrected chi connectivity index (χ0v) is 19.3. The van der Waals surface area contributed by atoms with E-state index in [2.05, 4.69) is 20.3 Å². The van der Waals surface area contributed by atoms with E-state index >= 15 is 0 Å². The lowest BCUT2D eigenvalue weighted by Crippen LogP contribution is -2.29. The van der Waals surface area contributed by atoms with Crippen LogP contribution in [0.5, 0.6) is 0 Å². The summed E-state index contributed by atoms with van der Waals surface area (Å²) in [6, 6.07) is 8.08. The number of pyridine rings is 1. The number of aliphatic carboxylic acids is 1. The first-order valence-electron chi connectivity index (χ1n) is 10.8. The van der Waals surface area contributed by atoms with Crippen molar-refractivity contribution in [1.82, 2.24) is 15.0 Å². The number of carbonyl (C=O) groups is 2. The number of anilines is 3. The highest BCUT2D eigenvalue weighted by Gasteiger charge is 2.38. The van der Waals surface area contributed by atoms with E-state index in [1.807, 2.05) is 4.90 Å². The second-order valence-corrected chi connectivity index (χ2v) is 7.88. The van der Waals surface area contributed by atoms with Crippen molar-refractivity contribution in [2.75, 3.05) is 23.3 Å². The van der Waals surface area contributed by atoms with Gasteiger partial charge < -0.3 is 21.1 Å². The number of rotatable bonds is 4. The van der Waals surface area contributed by atoms with Gasteiger partial charge in [-0.15, -0.1) is 0 Å². The van der Waals surface area contributed by atoms with E-state index in [0.717, 1.165) is 23.4 Å². The maximum atomic E-state index is 12.8. The van der Waals surface area contributed by atoms with Crippen LogP contribution in [0.2, 0.25) is 0 Å². The van der Waals surface area contributed by atoms with Crippen LogP contribution in [0.1, 0.15) is 27.2 Å². The number of fused-ring (bicyclic) bond motifs is 1. The standard InChI is InChI=1S/C21H19F3N6O.C2HF3O2/c22-21(23,24)13-3-5-14(6-4-13)29-19-15-7-10-30(11-8-17(15)27-12-28-19)20-16(18(25)31)2-1-9-26-20;3-2(4,5)1(6)7/h1-6,9,12H,7-8,10-11H2,(H2,25,31)(H,27,28,29);(H,6,7). The third kappa shape index (κ3) is 7.08. The molecule has 4 N–H and O–H groups in total. The Morgan fingerprint density at radius 2 is 1.58 bits per heavy atom. The quantitative estimate of drug-likeness (QED) is 0.422. The van der Waals surface area contributed by atoms with Crippen molar-refractivity contribution in [2.24, 2.45) is 5.73 Å². The SMILES string of the molecule is NC(=O)c1cccnc1N1CCc2ncnc(Nc3ccc(C(F)(F)F)cc3)c2CC1.O=C(O)C(F)(F)F. The average molecular weight is 542 g/mol. The van der Waals surface area contributed by atoms with Crippen LogP contribution < -0.4 is 16.0 Å². The summed E-state index contributed by atoms with van der Waals surface area (Å²) in [5.74, 6) is -2.24. The third-order valence-corrected chi connectivity index (χ3v) is 5.35. The normalized spacial score (nSPS) is 13.5. The second-order valence-electron chi connectivity index (χ2n) is 7.88. The summed E-state index contributed by atoms with van der Waals surface area (Å²) in [5, 5.41) is 10.2. The largest absolute Gasteiger partial charge is 0.490 e. The minimum atomic E-state index is -5.08. The van der Waals surface area contributed by atoms with Gasteiger partial charge in [-0.1, -0.05) is 0 Å². The van der Waals surface area contributed by atoms with Crippen LogP contribution in [-0.4, -0.2) is 51.2 Å². The van der Waals surface area contributed by atoms with Crippen LogP contribution in [0.25, 0.3) is 0 Å². The van der Waals surface area contributed by atoms with Gasteiger partial charge in [0.1, 0.15) is 18.0 Å². The van der Waals surface area contributed by atoms with Gasteiger partial charge in [0.2, 0.25) is 0 Å². The van der Waals surface area contributed by atoms with E-state index in [4.69, 9.17) is 15.6 Å². The first-order chi connectivity index (χ1) is 17.8. The summed E-state index contributed by atoms with van der Waals surface area (Å²) in [7, 11) is 0. The highest BCUT2D eigenvalue weighted by molar-refractivity contribution is 5.97. The zero-order valence-electron chi connectivity index (χ0n) is 19.3. The number of nitrogens with zero attached hydrogens (tertiary/aromatic N) is 4. The number of benzene rings is 1. The van der Waals surface area contributed by atoms with E-state index < -0.39 is 29.8 Å². The molecule has 0 atom stereocenters. The Hall–Kier alpha value is -4.43. The number of carbonyl (C=O) groups excluding carboxylic acids is 1. The molecule has 3 heterocycles. The predicted molar refractivity (Wildman–Crippen MR) is 123 cm³/mol. The smallest absolute Gasteiger partial charge is 0.475 e. The van der Waals surface area contributed by atoms with Crippen molar-refractivity contribution in [1.29, 1.82) is 0 Å². The van der Waals surface area contributed by atoms with Gasteiger partial charge in [-0.2, -0.15) is 26.3 Å². The molecule has 0 aliphatic carbocycles. The summed E-state index contributed by atoms with van der Waals surface area (Å²) < 4.78 is 70.1. The van der Waals surface area contributed by atoms with Crippen molar-refractivity contribution >= 4 is 29.2 Å². The van der Waals surface area contributed by atoms with Crippen molar-refractivity contribution in [3.8, 4) is 0 Å². The minimum Gasteiger partial charge on any atom is -0.475 e. The van der Waals surface area contributed by atoms with Gasteiger partial charge in [0.25, 0.3) is 5.91 Å². The van der Waals surface area contributed by atoms with Gasteiger partial charge in [-0.25, -0.2) is 19.7 Å². The summed E-state index contributed by atoms with van der Waals surface area (Å²) in [6.07, 6.45) is -5.28. The first-order valence-corrected chi connectivity index (χ1v) is 10.8. The lowest BCUT2D eigenvalue weighted by atomic mass is 10.1. The maximum absolute atomic E-state index is 12.8. The molecule has 202 valence electrons. The first kappa shape index (κ1) is 28.1. The molecule has 1 amide bonds. The number of nitrogens with one attached hydrogen (secondary N) is 1. The molecule has 15 heteroatoms. The fraction of sp³-hybridized carbons (Fsp3) is 0.261. The number of hydrogen-bond donors (Lipinski definition) is 3. The molecule has 3 aromatic rings. The molecular formula is C23H20F6N6O3. The molecule has 0 fully saturated rings. The Labute approximate surface area is 211 Å². The Morgan fingerprint density at radius 1 is 0.947 bits per heavy atom. The number of hydrogen-bond acceptors (Lipinski definition) is 7. The molecule has 0 saturated heterocycles. The lowest BCUT2D eigenvalue weighted by molar-refractivity contribution is -0.192. The number of amides is 1. The van der Waals surface area contributed by atoms with Crippen LogP contribution in [-0.2, 0) is 23.8 Å². The number of carboxylic acids is 1. The van der Waals surface area contributed by atoms with Crippen LogP contribution in [0, 0.1) is 0 Å². The lowest BCUT2D eigenvalue weighted by Gasteiger charge is -2.22. The van der Waals surface area contributed by atoms with Gasteiger partial charge in [-0.3, -0.25) is 4.79 Å². The molecule has 0 radical (unpaired) electrons. The number of primary amides is 1. The zero-order chi connectivity index (χ0) is 28.1. The fourth-order valence-electron chi connectivity index (χ4n) is 3.57. The van der Waals surface area contributed by atoms with E-state index in [1.54, 1.807) is 18.3 Å².